The molecular formula is C14H21FN2O2. The predicted octanol–water partition coefficient (Wildman–Crippen LogP) is 2.13. The van der Waals surface area contributed by atoms with Gasteiger partial charge in [0.2, 0.25) is 5.88 Å². The number of nitrogens with one attached hydrogen (secondary N) is 1. The lowest BCUT2D eigenvalue weighted by atomic mass is 10.2. The molecule has 0 spiro atoms. The van der Waals surface area contributed by atoms with Crippen LogP contribution in [0.3, 0.4) is 0 Å². The number of rotatable bonds is 6. The van der Waals surface area contributed by atoms with Gasteiger partial charge in [-0.1, -0.05) is 13.8 Å². The first-order chi connectivity index (χ1) is 9.15. The van der Waals surface area contributed by atoms with E-state index in [4.69, 9.17) is 9.47 Å². The molecule has 1 aliphatic rings. The third kappa shape index (κ3) is 4.44. The van der Waals surface area contributed by atoms with Gasteiger partial charge < -0.3 is 14.8 Å². The van der Waals surface area contributed by atoms with Gasteiger partial charge in [-0.2, -0.15) is 0 Å². The van der Waals surface area contributed by atoms with Gasteiger partial charge in [0.1, 0.15) is 11.9 Å². The van der Waals surface area contributed by atoms with Gasteiger partial charge >= 0.3 is 0 Å². The van der Waals surface area contributed by atoms with Gasteiger partial charge in [0, 0.05) is 18.5 Å². The molecule has 0 bridgehead atoms. The van der Waals surface area contributed by atoms with E-state index in [-0.39, 0.29) is 11.9 Å². The highest BCUT2D eigenvalue weighted by Crippen LogP contribution is 2.20. The molecule has 0 radical (unpaired) electrons. The molecule has 0 aromatic carbocycles. The minimum Gasteiger partial charge on any atom is -0.472 e. The molecule has 4 nitrogen and oxygen atoms in total. The van der Waals surface area contributed by atoms with Gasteiger partial charge in [0.15, 0.2) is 0 Å². The van der Waals surface area contributed by atoms with E-state index >= 15 is 0 Å². The number of aromatic nitrogens is 1. The molecular weight excluding hydrogens is 247 g/mol. The van der Waals surface area contributed by atoms with E-state index in [1.165, 1.54) is 12.3 Å². The second-order valence-corrected chi connectivity index (χ2v) is 5.25. The lowest BCUT2D eigenvalue weighted by molar-refractivity contribution is 0.137. The normalized spacial score (nSPS) is 19.1. The van der Waals surface area contributed by atoms with Crippen molar-refractivity contribution in [2.24, 2.45) is 5.92 Å². The summed E-state index contributed by atoms with van der Waals surface area (Å²) in [6.07, 6.45) is 2.08. The van der Waals surface area contributed by atoms with Crippen LogP contribution in [0.15, 0.2) is 12.3 Å². The van der Waals surface area contributed by atoms with Crippen LogP contribution in [0.1, 0.15) is 25.8 Å². The number of halogens is 1. The zero-order chi connectivity index (χ0) is 13.7. The largest absolute Gasteiger partial charge is 0.472 e. The van der Waals surface area contributed by atoms with E-state index in [0.717, 1.165) is 18.5 Å². The molecule has 0 aliphatic carbocycles. The zero-order valence-corrected chi connectivity index (χ0v) is 11.5. The number of nitrogens with zero attached hydrogens (tertiary/aromatic N) is 1. The first-order valence-corrected chi connectivity index (χ1v) is 6.74. The van der Waals surface area contributed by atoms with Gasteiger partial charge in [-0.05, 0) is 18.5 Å². The van der Waals surface area contributed by atoms with Crippen LogP contribution in [-0.2, 0) is 11.3 Å². The summed E-state index contributed by atoms with van der Waals surface area (Å²) >= 11 is 0. The summed E-state index contributed by atoms with van der Waals surface area (Å²) in [6, 6.07) is 1.48. The van der Waals surface area contributed by atoms with Crippen LogP contribution in [0.5, 0.6) is 5.88 Å². The summed E-state index contributed by atoms with van der Waals surface area (Å²) in [5, 5.41) is 3.28. The van der Waals surface area contributed by atoms with Crippen LogP contribution >= 0.6 is 0 Å². The molecule has 2 rings (SSSR count). The maximum absolute atomic E-state index is 13.3. The van der Waals surface area contributed by atoms with Crippen LogP contribution in [0.25, 0.3) is 0 Å². The quantitative estimate of drug-likeness (QED) is 0.858. The Labute approximate surface area is 113 Å². The zero-order valence-electron chi connectivity index (χ0n) is 11.5. The molecule has 1 fully saturated rings. The van der Waals surface area contributed by atoms with Gasteiger partial charge in [-0.3, -0.25) is 0 Å². The minimum absolute atomic E-state index is 0.0295. The first kappa shape index (κ1) is 14.2. The van der Waals surface area contributed by atoms with Crippen molar-refractivity contribution in [1.82, 2.24) is 10.3 Å². The van der Waals surface area contributed by atoms with Crippen molar-refractivity contribution in [2.45, 2.75) is 32.9 Å². The number of ether oxygens (including phenoxy) is 2. The molecule has 1 atom stereocenters. The second kappa shape index (κ2) is 6.82. The fraction of sp³-hybridized carbons (Fsp3) is 0.643. The van der Waals surface area contributed by atoms with Crippen molar-refractivity contribution < 1.29 is 13.9 Å². The lowest BCUT2D eigenvalue weighted by Gasteiger charge is -2.15. The van der Waals surface area contributed by atoms with Gasteiger partial charge in [0.25, 0.3) is 0 Å². The molecule has 1 aromatic rings. The third-order valence-electron chi connectivity index (χ3n) is 2.93. The van der Waals surface area contributed by atoms with Crippen molar-refractivity contribution in [3.05, 3.63) is 23.6 Å². The van der Waals surface area contributed by atoms with E-state index < -0.39 is 0 Å². The molecule has 5 heteroatoms. The highest BCUT2D eigenvalue weighted by molar-refractivity contribution is 5.26. The van der Waals surface area contributed by atoms with Crippen LogP contribution < -0.4 is 10.1 Å². The second-order valence-electron chi connectivity index (χ2n) is 5.25. The van der Waals surface area contributed by atoms with E-state index in [2.05, 4.69) is 24.1 Å². The molecule has 1 N–H and O–H groups in total. The Balaban J connectivity index is 1.99. The molecule has 1 saturated heterocycles. The highest BCUT2D eigenvalue weighted by Gasteiger charge is 2.19. The summed E-state index contributed by atoms with van der Waals surface area (Å²) in [4.78, 5) is 4.05. The summed E-state index contributed by atoms with van der Waals surface area (Å²) in [5.74, 6) is 0.721. The van der Waals surface area contributed by atoms with Crippen LogP contribution in [0.4, 0.5) is 4.39 Å². The summed E-state index contributed by atoms with van der Waals surface area (Å²) in [7, 11) is 0. The summed E-state index contributed by atoms with van der Waals surface area (Å²) in [6.45, 7) is 6.99. The van der Waals surface area contributed by atoms with Crippen molar-refractivity contribution in [3.8, 4) is 5.88 Å². The third-order valence-corrected chi connectivity index (χ3v) is 2.93. The Morgan fingerprint density at radius 3 is 3.11 bits per heavy atom. The molecule has 1 aromatic heterocycles. The Hall–Kier alpha value is -1.20. The Bertz CT molecular complexity index is 406. The van der Waals surface area contributed by atoms with Crippen molar-refractivity contribution in [1.29, 1.82) is 0 Å². The average molecular weight is 268 g/mol. The molecule has 106 valence electrons. The maximum Gasteiger partial charge on any atom is 0.218 e. The lowest BCUT2D eigenvalue weighted by Crippen LogP contribution is -2.22. The standard InChI is InChI=1S/C14H21FN2O2/c1-10(2)6-16-7-11-5-12(15)8-17-14(11)19-13-3-4-18-9-13/h5,8,10,13,16H,3-4,6-7,9H2,1-2H3. The van der Waals surface area contributed by atoms with Crippen LogP contribution in [0, 0.1) is 11.7 Å². The van der Waals surface area contributed by atoms with Crippen molar-refractivity contribution >= 4 is 0 Å². The molecule has 0 saturated carbocycles. The molecule has 2 heterocycles. The summed E-state index contributed by atoms with van der Waals surface area (Å²) < 4.78 is 24.3. The van der Waals surface area contributed by atoms with E-state index in [0.29, 0.717) is 31.6 Å². The van der Waals surface area contributed by atoms with Gasteiger partial charge in [-0.25, -0.2) is 9.37 Å². The molecule has 0 amide bonds. The predicted molar refractivity (Wildman–Crippen MR) is 70.6 cm³/mol. The van der Waals surface area contributed by atoms with Crippen molar-refractivity contribution in [2.75, 3.05) is 19.8 Å². The Morgan fingerprint density at radius 1 is 1.58 bits per heavy atom. The van der Waals surface area contributed by atoms with E-state index in [9.17, 15) is 4.39 Å². The fourth-order valence-electron chi connectivity index (χ4n) is 1.96. The Kier molecular flexibility index (Phi) is 5.10. The monoisotopic (exact) mass is 268 g/mol. The summed E-state index contributed by atoms with van der Waals surface area (Å²) in [5.41, 5.74) is 0.757. The van der Waals surface area contributed by atoms with Gasteiger partial charge in [0.05, 0.1) is 19.4 Å². The fourth-order valence-corrected chi connectivity index (χ4v) is 1.96. The number of hydrogen-bond acceptors (Lipinski definition) is 4. The van der Waals surface area contributed by atoms with E-state index in [1.54, 1.807) is 0 Å². The van der Waals surface area contributed by atoms with Crippen molar-refractivity contribution in [3.63, 3.8) is 0 Å². The van der Waals surface area contributed by atoms with Crippen LogP contribution in [-0.4, -0.2) is 30.8 Å². The van der Waals surface area contributed by atoms with Gasteiger partial charge in [-0.15, -0.1) is 0 Å². The molecule has 19 heavy (non-hydrogen) atoms. The Morgan fingerprint density at radius 2 is 2.42 bits per heavy atom. The SMILES string of the molecule is CC(C)CNCc1cc(F)cnc1OC1CCOC1. The minimum atomic E-state index is -0.337. The van der Waals surface area contributed by atoms with E-state index in [1.807, 2.05) is 0 Å². The first-order valence-electron chi connectivity index (χ1n) is 6.74. The number of pyridine rings is 1. The smallest absolute Gasteiger partial charge is 0.218 e. The number of hydrogen-bond donors (Lipinski definition) is 1. The maximum atomic E-state index is 13.3. The molecule has 1 aliphatic heterocycles. The topological polar surface area (TPSA) is 43.4 Å². The molecule has 1 unspecified atom stereocenters. The average Bonchev–Trinajstić information content (AvgIpc) is 2.85. The van der Waals surface area contributed by atoms with Crippen LogP contribution in [0.2, 0.25) is 0 Å². The highest BCUT2D eigenvalue weighted by atomic mass is 19.1.